The molecule has 7 nitrogen and oxygen atoms in total. The van der Waals surface area contributed by atoms with Gasteiger partial charge in [0.25, 0.3) is 5.91 Å². The summed E-state index contributed by atoms with van der Waals surface area (Å²) in [6, 6.07) is 10.4. The molecule has 2 aromatic heterocycles. The zero-order valence-corrected chi connectivity index (χ0v) is 17.1. The topological polar surface area (TPSA) is 97.2 Å². The molecule has 0 saturated heterocycles. The van der Waals surface area contributed by atoms with Crippen molar-refractivity contribution in [2.75, 3.05) is 18.5 Å². The zero-order chi connectivity index (χ0) is 20.6. The molecule has 1 amide bonds. The van der Waals surface area contributed by atoms with Crippen LogP contribution >= 0.6 is 22.7 Å². The first kappa shape index (κ1) is 20.6. The van der Waals surface area contributed by atoms with E-state index in [0.29, 0.717) is 16.1 Å². The van der Waals surface area contributed by atoms with Crippen LogP contribution in [-0.4, -0.2) is 36.4 Å². The fraction of sp³-hybridized carbons (Fsp3) is 0.150. The smallest absolute Gasteiger partial charge is 0.341 e. The monoisotopic (exact) mass is 430 g/mol. The van der Waals surface area contributed by atoms with Crippen molar-refractivity contribution in [2.24, 2.45) is 5.16 Å². The number of hydrogen-bond acceptors (Lipinski definition) is 8. The van der Waals surface area contributed by atoms with Crippen LogP contribution in [0.15, 0.2) is 52.3 Å². The Morgan fingerprint density at radius 3 is 2.76 bits per heavy atom. The molecule has 0 bridgehead atoms. The minimum Gasteiger partial charge on any atom is -0.507 e. The van der Waals surface area contributed by atoms with Gasteiger partial charge in [0.05, 0.1) is 12.8 Å². The van der Waals surface area contributed by atoms with E-state index in [1.54, 1.807) is 25.1 Å². The van der Waals surface area contributed by atoms with E-state index in [2.05, 4.69) is 10.5 Å². The molecule has 2 N–H and O–H groups in total. The van der Waals surface area contributed by atoms with E-state index >= 15 is 0 Å². The average Bonchev–Trinajstić information content (AvgIpc) is 3.36. The first-order chi connectivity index (χ1) is 14.1. The van der Waals surface area contributed by atoms with Crippen LogP contribution in [-0.2, 0) is 14.4 Å². The number of nitrogens with one attached hydrogen (secondary N) is 1. The van der Waals surface area contributed by atoms with E-state index in [0.717, 1.165) is 10.4 Å². The van der Waals surface area contributed by atoms with E-state index in [1.165, 1.54) is 35.0 Å². The highest BCUT2D eigenvalue weighted by molar-refractivity contribution is 7.17. The van der Waals surface area contributed by atoms with Crippen LogP contribution in [0.3, 0.4) is 0 Å². The number of nitrogens with zero attached hydrogens (tertiary/aromatic N) is 1. The van der Waals surface area contributed by atoms with E-state index in [9.17, 15) is 14.7 Å². The fourth-order valence-corrected chi connectivity index (χ4v) is 4.21. The van der Waals surface area contributed by atoms with Crippen LogP contribution in [0.25, 0.3) is 10.4 Å². The standard InChI is InChI=1S/C20H18N2O5S2/c1-2-26-20(25)18-14(16-8-5-9-28-16)12-29-19(18)22-17(24)11-27-21-10-13-6-3-4-7-15(13)23/h3-10,12,23H,2,11H2,1H3,(H,22,24)/b21-10+. The van der Waals surface area contributed by atoms with Gasteiger partial charge in [-0.15, -0.1) is 22.7 Å². The van der Waals surface area contributed by atoms with Gasteiger partial charge in [-0.05, 0) is 30.5 Å². The number of thiophene rings is 2. The number of para-hydroxylation sites is 1. The molecule has 9 heteroatoms. The number of hydrogen-bond donors (Lipinski definition) is 2. The largest absolute Gasteiger partial charge is 0.507 e. The second-order valence-electron chi connectivity index (χ2n) is 5.67. The summed E-state index contributed by atoms with van der Waals surface area (Å²) in [5.41, 5.74) is 1.51. The van der Waals surface area contributed by atoms with Crippen molar-refractivity contribution in [1.82, 2.24) is 0 Å². The summed E-state index contributed by atoms with van der Waals surface area (Å²) in [5.74, 6) is -0.904. The summed E-state index contributed by atoms with van der Waals surface area (Å²) in [7, 11) is 0. The number of amides is 1. The van der Waals surface area contributed by atoms with Gasteiger partial charge < -0.3 is 20.0 Å². The second-order valence-corrected chi connectivity index (χ2v) is 7.49. The lowest BCUT2D eigenvalue weighted by atomic mass is 10.1. The Labute approximate surface area is 175 Å². The zero-order valence-electron chi connectivity index (χ0n) is 15.5. The highest BCUT2D eigenvalue weighted by Crippen LogP contribution is 2.38. The van der Waals surface area contributed by atoms with Crippen LogP contribution in [0.1, 0.15) is 22.8 Å². The third-order valence-electron chi connectivity index (χ3n) is 3.71. The molecule has 29 heavy (non-hydrogen) atoms. The second kappa shape index (κ2) is 9.85. The summed E-state index contributed by atoms with van der Waals surface area (Å²) < 4.78 is 5.15. The molecule has 0 unspecified atom stereocenters. The van der Waals surface area contributed by atoms with Crippen LogP contribution < -0.4 is 5.32 Å². The van der Waals surface area contributed by atoms with Crippen molar-refractivity contribution in [2.45, 2.75) is 6.92 Å². The number of carbonyl (C=O) groups excluding carboxylic acids is 2. The number of carbonyl (C=O) groups is 2. The number of benzene rings is 1. The van der Waals surface area contributed by atoms with Gasteiger partial charge in [0.1, 0.15) is 16.3 Å². The molecule has 0 aliphatic carbocycles. The normalized spacial score (nSPS) is 10.8. The van der Waals surface area contributed by atoms with Gasteiger partial charge in [0.15, 0.2) is 6.61 Å². The maximum atomic E-state index is 12.4. The SMILES string of the molecule is CCOC(=O)c1c(-c2cccs2)csc1NC(=O)CO/N=C/c1ccccc1O. The van der Waals surface area contributed by atoms with Gasteiger partial charge in [-0.25, -0.2) is 4.79 Å². The third kappa shape index (κ3) is 5.21. The Morgan fingerprint density at radius 1 is 1.21 bits per heavy atom. The maximum Gasteiger partial charge on any atom is 0.341 e. The maximum absolute atomic E-state index is 12.4. The number of ether oxygens (including phenoxy) is 1. The Kier molecular flexibility index (Phi) is 6.99. The molecule has 0 saturated carbocycles. The van der Waals surface area contributed by atoms with Crippen molar-refractivity contribution in [1.29, 1.82) is 0 Å². The number of anilines is 1. The first-order valence-corrected chi connectivity index (χ1v) is 10.4. The lowest BCUT2D eigenvalue weighted by Gasteiger charge is -2.07. The third-order valence-corrected chi connectivity index (χ3v) is 5.51. The summed E-state index contributed by atoms with van der Waals surface area (Å²) in [6.45, 7) is 1.61. The minimum atomic E-state index is -0.494. The number of oxime groups is 1. The van der Waals surface area contributed by atoms with Gasteiger partial charge in [-0.1, -0.05) is 23.4 Å². The van der Waals surface area contributed by atoms with Crippen LogP contribution in [0.2, 0.25) is 0 Å². The highest BCUT2D eigenvalue weighted by Gasteiger charge is 2.23. The predicted octanol–water partition coefficient (Wildman–Crippen LogP) is 4.35. The summed E-state index contributed by atoms with van der Waals surface area (Å²) >= 11 is 2.74. The van der Waals surface area contributed by atoms with E-state index in [4.69, 9.17) is 9.57 Å². The molecule has 2 heterocycles. The summed E-state index contributed by atoms with van der Waals surface area (Å²) in [6.07, 6.45) is 1.31. The molecule has 1 aromatic carbocycles. The number of esters is 1. The number of rotatable bonds is 8. The Hall–Kier alpha value is -3.17. The molecule has 0 aliphatic rings. The fourth-order valence-electron chi connectivity index (χ4n) is 2.42. The van der Waals surface area contributed by atoms with Crippen molar-refractivity contribution >= 4 is 45.8 Å². The first-order valence-electron chi connectivity index (χ1n) is 8.65. The Bertz CT molecular complexity index is 1010. The van der Waals surface area contributed by atoms with Crippen LogP contribution in [0.4, 0.5) is 5.00 Å². The van der Waals surface area contributed by atoms with Gasteiger partial charge >= 0.3 is 5.97 Å². The van der Waals surface area contributed by atoms with Crippen molar-refractivity contribution in [3.63, 3.8) is 0 Å². The lowest BCUT2D eigenvalue weighted by Crippen LogP contribution is -2.18. The highest BCUT2D eigenvalue weighted by atomic mass is 32.1. The van der Waals surface area contributed by atoms with Gasteiger partial charge in [-0.2, -0.15) is 0 Å². The van der Waals surface area contributed by atoms with Crippen LogP contribution in [0.5, 0.6) is 5.75 Å². The molecule has 3 aromatic rings. The van der Waals surface area contributed by atoms with Gasteiger partial charge in [0, 0.05) is 21.4 Å². The molecule has 0 atom stereocenters. The van der Waals surface area contributed by atoms with E-state index < -0.39 is 11.9 Å². The summed E-state index contributed by atoms with van der Waals surface area (Å²) in [5, 5.41) is 20.1. The van der Waals surface area contributed by atoms with Crippen molar-refractivity contribution < 1.29 is 24.3 Å². The lowest BCUT2D eigenvalue weighted by molar-refractivity contribution is -0.120. The minimum absolute atomic E-state index is 0.0584. The number of phenols is 1. The Morgan fingerprint density at radius 2 is 2.03 bits per heavy atom. The molecular weight excluding hydrogens is 412 g/mol. The predicted molar refractivity (Wildman–Crippen MR) is 114 cm³/mol. The van der Waals surface area contributed by atoms with Crippen molar-refractivity contribution in [3.05, 3.63) is 58.3 Å². The molecule has 0 fully saturated rings. The van der Waals surface area contributed by atoms with Gasteiger partial charge in [0.2, 0.25) is 0 Å². The molecule has 0 aliphatic heterocycles. The van der Waals surface area contributed by atoms with Crippen LogP contribution in [0, 0.1) is 0 Å². The molecule has 150 valence electrons. The molecule has 0 radical (unpaired) electrons. The molecular formula is C20H18N2O5S2. The Balaban J connectivity index is 1.67. The van der Waals surface area contributed by atoms with Gasteiger partial charge in [-0.3, -0.25) is 4.79 Å². The average molecular weight is 431 g/mol. The summed E-state index contributed by atoms with van der Waals surface area (Å²) in [4.78, 5) is 30.6. The molecule has 3 rings (SSSR count). The van der Waals surface area contributed by atoms with E-state index in [-0.39, 0.29) is 19.0 Å². The van der Waals surface area contributed by atoms with E-state index in [1.807, 2.05) is 22.9 Å². The molecule has 0 spiro atoms. The van der Waals surface area contributed by atoms with Crippen molar-refractivity contribution in [3.8, 4) is 16.2 Å². The quantitative estimate of drug-likeness (QED) is 0.315. The number of phenolic OH excluding ortho intramolecular Hbond substituents is 1. The number of aromatic hydroxyl groups is 1.